The van der Waals surface area contributed by atoms with Gasteiger partial charge in [-0.1, -0.05) is 19.4 Å². The van der Waals surface area contributed by atoms with Crippen LogP contribution < -0.4 is 4.74 Å². The van der Waals surface area contributed by atoms with E-state index in [0.717, 1.165) is 6.42 Å². The molecule has 0 bridgehead atoms. The Hall–Kier alpha value is -3.22. The molecule has 0 radical (unpaired) electrons. The van der Waals surface area contributed by atoms with Gasteiger partial charge in [0.1, 0.15) is 0 Å². The van der Waals surface area contributed by atoms with Gasteiger partial charge in [-0.15, -0.1) is 0 Å². The third kappa shape index (κ3) is 3.28. The molecular formula is C20H21NO6. The highest BCUT2D eigenvalue weighted by Crippen LogP contribution is 2.41. The van der Waals surface area contributed by atoms with Gasteiger partial charge in [-0.3, -0.25) is 9.59 Å². The van der Waals surface area contributed by atoms with Crippen LogP contribution in [0.25, 0.3) is 0 Å². The van der Waals surface area contributed by atoms with Crippen molar-refractivity contribution in [3.63, 3.8) is 0 Å². The summed E-state index contributed by atoms with van der Waals surface area (Å²) in [5.41, 5.74) is 0.437. The van der Waals surface area contributed by atoms with E-state index in [1.165, 1.54) is 30.4 Å². The van der Waals surface area contributed by atoms with Crippen LogP contribution in [0, 0.1) is 0 Å². The lowest BCUT2D eigenvalue weighted by atomic mass is 9.94. The topological polar surface area (TPSA) is 100 Å². The number of nitrogens with zero attached hydrogens (tertiary/aromatic N) is 1. The normalized spacial score (nSPS) is 16.9. The van der Waals surface area contributed by atoms with E-state index >= 15 is 0 Å². The fourth-order valence-corrected chi connectivity index (χ4v) is 3.21. The van der Waals surface area contributed by atoms with Crippen molar-refractivity contribution in [2.45, 2.75) is 25.8 Å². The maximum absolute atomic E-state index is 12.9. The molecule has 1 aliphatic heterocycles. The summed E-state index contributed by atoms with van der Waals surface area (Å²) in [4.78, 5) is 27.0. The van der Waals surface area contributed by atoms with Crippen molar-refractivity contribution in [2.75, 3.05) is 13.7 Å². The second-order valence-corrected chi connectivity index (χ2v) is 6.25. The predicted molar refractivity (Wildman–Crippen MR) is 96.7 cm³/mol. The van der Waals surface area contributed by atoms with Crippen LogP contribution in [0.15, 0.2) is 52.3 Å². The van der Waals surface area contributed by atoms with E-state index < -0.39 is 23.5 Å². The molecule has 2 heterocycles. The number of carbonyl (C=O) groups is 2. The molecule has 0 aliphatic carbocycles. The SMILES string of the molecule is CCCCN1C(=O)C(O)=C(C(=O)c2ccco2)C1c1ccc(OC)c(O)c1. The van der Waals surface area contributed by atoms with Crippen LogP contribution in [-0.2, 0) is 4.79 Å². The largest absolute Gasteiger partial charge is 0.504 e. The summed E-state index contributed by atoms with van der Waals surface area (Å²) in [6, 6.07) is 6.86. The van der Waals surface area contributed by atoms with Crippen molar-refractivity contribution >= 4 is 11.7 Å². The Labute approximate surface area is 156 Å². The summed E-state index contributed by atoms with van der Waals surface area (Å²) >= 11 is 0. The van der Waals surface area contributed by atoms with Gasteiger partial charge in [0, 0.05) is 6.54 Å². The molecule has 1 unspecified atom stereocenters. The molecule has 0 fully saturated rings. The van der Waals surface area contributed by atoms with Crippen LogP contribution >= 0.6 is 0 Å². The molecule has 0 saturated carbocycles. The first-order chi connectivity index (χ1) is 13.0. The molecule has 7 heteroatoms. The quantitative estimate of drug-likeness (QED) is 0.724. The Morgan fingerprint density at radius 3 is 2.67 bits per heavy atom. The Balaban J connectivity index is 2.09. The molecule has 1 aromatic heterocycles. The number of methoxy groups -OCH3 is 1. The Kier molecular flexibility index (Phi) is 5.21. The first-order valence-corrected chi connectivity index (χ1v) is 8.68. The van der Waals surface area contributed by atoms with E-state index in [1.807, 2.05) is 6.92 Å². The molecule has 1 atom stereocenters. The lowest BCUT2D eigenvalue weighted by Crippen LogP contribution is -2.32. The summed E-state index contributed by atoms with van der Waals surface area (Å²) < 4.78 is 10.2. The van der Waals surface area contributed by atoms with E-state index in [2.05, 4.69) is 0 Å². The minimum atomic E-state index is -0.821. The standard InChI is InChI=1S/C20H21NO6/c1-3-4-9-21-17(12-7-8-14(26-2)13(22)11-12)16(19(24)20(21)25)18(23)15-6-5-10-27-15/h5-8,10-11,17,22,24H,3-4,9H2,1-2H3. The van der Waals surface area contributed by atoms with E-state index in [4.69, 9.17) is 9.15 Å². The highest BCUT2D eigenvalue weighted by Gasteiger charge is 2.44. The summed E-state index contributed by atoms with van der Waals surface area (Å²) in [5.74, 6) is -1.58. The van der Waals surface area contributed by atoms with Gasteiger partial charge in [0.2, 0.25) is 5.78 Å². The first kappa shape index (κ1) is 18.6. The van der Waals surface area contributed by atoms with E-state index in [9.17, 15) is 19.8 Å². The monoisotopic (exact) mass is 371 g/mol. The molecule has 0 spiro atoms. The number of phenols is 1. The maximum Gasteiger partial charge on any atom is 0.290 e. The van der Waals surface area contributed by atoms with Crippen molar-refractivity contribution < 1.29 is 29.0 Å². The van der Waals surface area contributed by atoms with Gasteiger partial charge in [0.15, 0.2) is 23.0 Å². The number of phenolic OH excluding ortho intramolecular Hbond substituents is 1. The van der Waals surface area contributed by atoms with Gasteiger partial charge in [0.05, 0.1) is 25.0 Å². The van der Waals surface area contributed by atoms with Gasteiger partial charge in [0.25, 0.3) is 5.91 Å². The zero-order valence-corrected chi connectivity index (χ0v) is 15.1. The predicted octanol–water partition coefficient (Wildman–Crippen LogP) is 3.37. The third-order valence-electron chi connectivity index (χ3n) is 4.56. The fraction of sp³-hybridized carbons (Fsp3) is 0.300. The average Bonchev–Trinajstić information content (AvgIpc) is 3.28. The highest BCUT2D eigenvalue weighted by molar-refractivity contribution is 6.15. The van der Waals surface area contributed by atoms with Gasteiger partial charge >= 0.3 is 0 Å². The molecule has 0 saturated heterocycles. The first-order valence-electron chi connectivity index (χ1n) is 8.68. The van der Waals surface area contributed by atoms with Gasteiger partial charge < -0.3 is 24.3 Å². The second kappa shape index (κ2) is 7.57. The van der Waals surface area contributed by atoms with Crippen molar-refractivity contribution in [3.05, 3.63) is 59.3 Å². The number of carbonyl (C=O) groups excluding carboxylic acids is 2. The zero-order chi connectivity index (χ0) is 19.6. The number of furan rings is 1. The molecule has 2 N–H and O–H groups in total. The number of ether oxygens (including phenoxy) is 1. The smallest absolute Gasteiger partial charge is 0.290 e. The number of hydrogen-bond donors (Lipinski definition) is 2. The van der Waals surface area contributed by atoms with Gasteiger partial charge in [-0.2, -0.15) is 0 Å². The Morgan fingerprint density at radius 2 is 2.07 bits per heavy atom. The molecule has 1 aliphatic rings. The molecule has 2 aromatic rings. The molecular weight excluding hydrogens is 350 g/mol. The summed E-state index contributed by atoms with van der Waals surface area (Å²) in [6.07, 6.45) is 2.90. The number of amides is 1. The highest BCUT2D eigenvalue weighted by atomic mass is 16.5. The fourth-order valence-electron chi connectivity index (χ4n) is 3.21. The van der Waals surface area contributed by atoms with Crippen LogP contribution in [0.3, 0.4) is 0 Å². The molecule has 1 amide bonds. The molecule has 1 aromatic carbocycles. The van der Waals surface area contributed by atoms with Crippen molar-refractivity contribution in [1.82, 2.24) is 4.90 Å². The number of unbranched alkanes of at least 4 members (excludes halogenated alkanes) is 1. The van der Waals surface area contributed by atoms with Crippen LogP contribution in [0.5, 0.6) is 11.5 Å². The Morgan fingerprint density at radius 1 is 1.30 bits per heavy atom. The number of Topliss-reactive ketones (excluding diaryl/α,β-unsaturated/α-hetero) is 1. The number of aliphatic hydroxyl groups excluding tert-OH is 1. The Bertz CT molecular complexity index is 884. The maximum atomic E-state index is 12.9. The van der Waals surface area contributed by atoms with Crippen LogP contribution in [0.4, 0.5) is 0 Å². The summed E-state index contributed by atoms with van der Waals surface area (Å²) in [6.45, 7) is 2.35. The number of aromatic hydroxyl groups is 1. The van der Waals surface area contributed by atoms with Crippen LogP contribution in [-0.4, -0.2) is 40.5 Å². The number of hydrogen-bond acceptors (Lipinski definition) is 6. The number of aliphatic hydroxyl groups is 1. The minimum Gasteiger partial charge on any atom is -0.504 e. The summed E-state index contributed by atoms with van der Waals surface area (Å²) in [7, 11) is 1.43. The number of ketones is 1. The number of rotatable bonds is 7. The zero-order valence-electron chi connectivity index (χ0n) is 15.1. The second-order valence-electron chi connectivity index (χ2n) is 6.25. The van der Waals surface area contributed by atoms with Crippen LogP contribution in [0.1, 0.15) is 41.9 Å². The van der Waals surface area contributed by atoms with E-state index in [0.29, 0.717) is 18.5 Å². The van der Waals surface area contributed by atoms with Crippen molar-refractivity contribution in [1.29, 1.82) is 0 Å². The average molecular weight is 371 g/mol. The van der Waals surface area contributed by atoms with Crippen LogP contribution in [0.2, 0.25) is 0 Å². The molecule has 3 rings (SSSR count). The minimum absolute atomic E-state index is 0.0319. The number of benzene rings is 1. The summed E-state index contributed by atoms with van der Waals surface area (Å²) in [5, 5.41) is 20.6. The van der Waals surface area contributed by atoms with E-state index in [-0.39, 0.29) is 22.8 Å². The van der Waals surface area contributed by atoms with E-state index in [1.54, 1.807) is 18.2 Å². The molecule has 27 heavy (non-hydrogen) atoms. The molecule has 7 nitrogen and oxygen atoms in total. The van der Waals surface area contributed by atoms with Gasteiger partial charge in [-0.05, 0) is 36.2 Å². The molecule has 142 valence electrons. The van der Waals surface area contributed by atoms with Gasteiger partial charge in [-0.25, -0.2) is 0 Å². The van der Waals surface area contributed by atoms with Crippen molar-refractivity contribution in [2.24, 2.45) is 0 Å². The third-order valence-corrected chi connectivity index (χ3v) is 4.56. The lowest BCUT2D eigenvalue weighted by molar-refractivity contribution is -0.129. The van der Waals surface area contributed by atoms with Crippen molar-refractivity contribution in [3.8, 4) is 11.5 Å². The lowest BCUT2D eigenvalue weighted by Gasteiger charge is -2.26.